The quantitative estimate of drug-likeness (QED) is 0.177. The molecule has 0 fully saturated rings. The highest BCUT2D eigenvalue weighted by Crippen LogP contribution is 2.53. The normalized spacial score (nSPS) is 16.7. The second-order valence-electron chi connectivity index (χ2n) is 15.3. The minimum absolute atomic E-state index is 0.00646. The van der Waals surface area contributed by atoms with Gasteiger partial charge in [-0.1, -0.05) is 138 Å². The van der Waals surface area contributed by atoms with Crippen LogP contribution in [-0.2, 0) is 16.2 Å². The van der Waals surface area contributed by atoms with E-state index in [9.17, 15) is 0 Å². The van der Waals surface area contributed by atoms with E-state index in [1.807, 2.05) is 6.07 Å². The summed E-state index contributed by atoms with van der Waals surface area (Å²) in [5.41, 5.74) is 22.2. The summed E-state index contributed by atoms with van der Waals surface area (Å²) in [6, 6.07) is 43.6. The highest BCUT2D eigenvalue weighted by atomic mass is 14.4. The maximum atomic E-state index is 6.21. The van der Waals surface area contributed by atoms with Crippen LogP contribution in [0.15, 0.2) is 115 Å². The van der Waals surface area contributed by atoms with Crippen molar-refractivity contribution in [3.63, 3.8) is 0 Å². The van der Waals surface area contributed by atoms with Crippen molar-refractivity contribution < 1.29 is 0 Å². The minimum atomic E-state index is -0.104. The number of benzene rings is 6. The Labute approximate surface area is 274 Å². The fourth-order valence-corrected chi connectivity index (χ4v) is 8.92. The molecule has 46 heavy (non-hydrogen) atoms. The van der Waals surface area contributed by atoms with Gasteiger partial charge in [0, 0.05) is 16.2 Å². The highest BCUT2D eigenvalue weighted by molar-refractivity contribution is 6.32. The van der Waals surface area contributed by atoms with Gasteiger partial charge in [-0.25, -0.2) is 0 Å². The van der Waals surface area contributed by atoms with Crippen molar-refractivity contribution in [2.75, 3.05) is 0 Å². The van der Waals surface area contributed by atoms with Crippen LogP contribution in [0.2, 0.25) is 0 Å². The average Bonchev–Trinajstić information content (AvgIpc) is 3.53. The van der Waals surface area contributed by atoms with Crippen LogP contribution in [-0.4, -0.2) is 7.85 Å². The number of hydrogen-bond donors (Lipinski definition) is 0. The van der Waals surface area contributed by atoms with Gasteiger partial charge in [-0.05, 0) is 113 Å². The molecule has 0 heterocycles. The van der Waals surface area contributed by atoms with Gasteiger partial charge in [-0.2, -0.15) is 0 Å². The molecule has 0 amide bonds. The van der Waals surface area contributed by atoms with Gasteiger partial charge in [0.25, 0.3) is 0 Å². The SMILES string of the molecule is [B]c1ccc2c(c1)C(C)(C)c1cc(-c3ccc4c(c3)C(C)(C)c3cc(-c5ccc6c(c5)C(C)(C)c5ccccc5-6)ccc3-4)ccc1-2. The Kier molecular flexibility index (Phi) is 5.42. The molecule has 0 nitrogen and oxygen atoms in total. The van der Waals surface area contributed by atoms with E-state index in [0.29, 0.717) is 0 Å². The molecule has 3 aliphatic rings. The van der Waals surface area contributed by atoms with E-state index in [4.69, 9.17) is 7.85 Å². The van der Waals surface area contributed by atoms with Crippen LogP contribution >= 0.6 is 0 Å². The van der Waals surface area contributed by atoms with Crippen LogP contribution in [0.4, 0.5) is 0 Å². The van der Waals surface area contributed by atoms with Crippen LogP contribution in [0.3, 0.4) is 0 Å². The third-order valence-electron chi connectivity index (χ3n) is 11.6. The monoisotopic (exact) mass is 588 g/mol. The van der Waals surface area contributed by atoms with Crippen molar-refractivity contribution in [1.29, 1.82) is 0 Å². The third-order valence-corrected chi connectivity index (χ3v) is 11.6. The lowest BCUT2D eigenvalue weighted by atomic mass is 9.79. The van der Waals surface area contributed by atoms with Crippen LogP contribution in [0.5, 0.6) is 0 Å². The summed E-state index contributed by atoms with van der Waals surface area (Å²) in [7, 11) is 6.21. The lowest BCUT2D eigenvalue weighted by Gasteiger charge is -2.24. The minimum Gasteiger partial charge on any atom is -0.0963 e. The third kappa shape index (κ3) is 3.58. The highest BCUT2D eigenvalue weighted by Gasteiger charge is 2.38. The molecule has 6 aromatic carbocycles. The van der Waals surface area contributed by atoms with E-state index in [1.165, 1.54) is 89.0 Å². The van der Waals surface area contributed by atoms with Gasteiger partial charge >= 0.3 is 0 Å². The van der Waals surface area contributed by atoms with Gasteiger partial charge in [0.2, 0.25) is 0 Å². The van der Waals surface area contributed by atoms with Crippen LogP contribution in [0, 0.1) is 0 Å². The maximum absolute atomic E-state index is 6.21. The number of hydrogen-bond acceptors (Lipinski definition) is 0. The van der Waals surface area contributed by atoms with Crippen molar-refractivity contribution in [1.82, 2.24) is 0 Å². The van der Waals surface area contributed by atoms with E-state index in [0.717, 1.165) is 5.46 Å². The smallest absolute Gasteiger partial charge is 0.0963 e. The summed E-state index contributed by atoms with van der Waals surface area (Å²) in [5, 5.41) is 0. The molecule has 1 heteroatoms. The fourth-order valence-electron chi connectivity index (χ4n) is 8.92. The molecule has 3 aliphatic carbocycles. The first kappa shape index (κ1) is 27.7. The van der Waals surface area contributed by atoms with E-state index in [1.54, 1.807) is 0 Å². The zero-order chi connectivity index (χ0) is 31.7. The van der Waals surface area contributed by atoms with Crippen molar-refractivity contribution in [3.05, 3.63) is 149 Å². The van der Waals surface area contributed by atoms with Crippen LogP contribution < -0.4 is 5.46 Å². The molecule has 0 atom stereocenters. The van der Waals surface area contributed by atoms with E-state index in [2.05, 4.69) is 151 Å². The number of rotatable bonds is 2. The van der Waals surface area contributed by atoms with Gasteiger partial charge < -0.3 is 0 Å². The second-order valence-corrected chi connectivity index (χ2v) is 15.3. The van der Waals surface area contributed by atoms with Gasteiger partial charge in [0.15, 0.2) is 0 Å². The molecule has 0 aliphatic heterocycles. The predicted octanol–water partition coefficient (Wildman–Crippen LogP) is 10.7. The van der Waals surface area contributed by atoms with Crippen molar-refractivity contribution in [3.8, 4) is 55.6 Å². The second kappa shape index (κ2) is 9.01. The average molecular weight is 589 g/mol. The molecule has 9 rings (SSSR count). The molecule has 2 radical (unpaired) electrons. The summed E-state index contributed by atoms with van der Waals surface area (Å²) in [4.78, 5) is 0. The van der Waals surface area contributed by atoms with Gasteiger partial charge in [0.1, 0.15) is 7.85 Å². The first-order chi connectivity index (χ1) is 22.0. The Morgan fingerprint density at radius 2 is 0.630 bits per heavy atom. The summed E-state index contributed by atoms with van der Waals surface area (Å²) in [5.74, 6) is 0. The molecule has 220 valence electrons. The molecule has 0 saturated heterocycles. The van der Waals surface area contributed by atoms with Crippen molar-refractivity contribution in [2.24, 2.45) is 0 Å². The van der Waals surface area contributed by atoms with E-state index in [-0.39, 0.29) is 16.2 Å². The fraction of sp³-hybridized carbons (Fsp3) is 0.200. The lowest BCUT2D eigenvalue weighted by Crippen LogP contribution is -2.17. The van der Waals surface area contributed by atoms with Gasteiger partial charge in [-0.15, -0.1) is 0 Å². The molecule has 0 bridgehead atoms. The first-order valence-corrected chi connectivity index (χ1v) is 16.6. The molecule has 6 aromatic rings. The van der Waals surface area contributed by atoms with Crippen molar-refractivity contribution in [2.45, 2.75) is 57.8 Å². The van der Waals surface area contributed by atoms with Crippen LogP contribution in [0.1, 0.15) is 74.9 Å². The summed E-state index contributed by atoms with van der Waals surface area (Å²) >= 11 is 0. The Hall–Kier alpha value is -4.62. The maximum Gasteiger partial charge on any atom is 0.113 e. The molecular weight excluding hydrogens is 551 g/mol. The molecule has 0 unspecified atom stereocenters. The molecule has 0 N–H and O–H groups in total. The molecule has 0 saturated carbocycles. The number of fused-ring (bicyclic) bond motifs is 9. The topological polar surface area (TPSA) is 0 Å². The zero-order valence-corrected chi connectivity index (χ0v) is 27.5. The lowest BCUT2D eigenvalue weighted by molar-refractivity contribution is 0.659. The Bertz CT molecular complexity index is 2290. The zero-order valence-electron chi connectivity index (χ0n) is 27.5. The first-order valence-electron chi connectivity index (χ1n) is 16.6. The predicted molar refractivity (Wildman–Crippen MR) is 195 cm³/mol. The summed E-state index contributed by atoms with van der Waals surface area (Å²) in [6.07, 6.45) is 0. The molecule has 0 spiro atoms. The van der Waals surface area contributed by atoms with Gasteiger partial charge in [-0.3, -0.25) is 0 Å². The van der Waals surface area contributed by atoms with Crippen LogP contribution in [0.25, 0.3) is 55.6 Å². The molecule has 0 aromatic heterocycles. The largest absolute Gasteiger partial charge is 0.113 e. The Morgan fingerprint density at radius 1 is 0.326 bits per heavy atom. The van der Waals surface area contributed by atoms with Gasteiger partial charge in [0.05, 0.1) is 0 Å². The molecular formula is C45H37B. The summed E-state index contributed by atoms with van der Waals surface area (Å²) in [6.45, 7) is 14.1. The standard InChI is InChI=1S/C45H37B/c1-43(2)37-10-8-7-9-31(37)32-16-11-26(21-38(32)43)27-12-17-33-34-18-13-28(23-40(34)44(3,4)39(33)22-27)29-14-19-35-36-20-15-30(46)25-42(36)45(5,6)41(35)24-29/h7-25H,1-6H3. The Balaban J connectivity index is 1.09. The van der Waals surface area contributed by atoms with Crippen molar-refractivity contribution >= 4 is 13.3 Å². The van der Waals surface area contributed by atoms with E-state index < -0.39 is 0 Å². The summed E-state index contributed by atoms with van der Waals surface area (Å²) < 4.78 is 0. The Morgan fingerprint density at radius 3 is 1.04 bits per heavy atom. The van der Waals surface area contributed by atoms with E-state index >= 15 is 0 Å².